The monoisotopic (exact) mass is 495 g/mol. The number of likely N-dealkylation sites (tertiary alicyclic amines) is 1. The van der Waals surface area contributed by atoms with Crippen molar-refractivity contribution in [3.05, 3.63) is 0 Å². The summed E-state index contributed by atoms with van der Waals surface area (Å²) in [4.78, 5) is 14.8. The summed E-state index contributed by atoms with van der Waals surface area (Å²) in [5.74, 6) is -1.27. The standard InChI is InChI=1S/C26H41NO8/c1-6-27-11-23(12-32-3)8-7-17(29)25-15-9-14-16(33-4)10-24(30,18(15)19(14)34-5)26(31,22(25)27)21(20(23)25)35-13(2)28/h14-22,29-31H,6-12H2,1-5H3/t14-,15-,16+,17+,18-,19+,20-,21+,22+,23+,24-,25?,26+/m1/s1. The molecule has 1 heterocycles. The van der Waals surface area contributed by atoms with Crippen molar-refractivity contribution in [2.45, 2.75) is 81.2 Å². The van der Waals surface area contributed by atoms with E-state index in [9.17, 15) is 20.1 Å². The zero-order valence-corrected chi connectivity index (χ0v) is 21.5. The fourth-order valence-electron chi connectivity index (χ4n) is 11.0. The van der Waals surface area contributed by atoms with Gasteiger partial charge < -0.3 is 34.3 Å². The molecule has 6 aliphatic rings. The predicted octanol–water partition coefficient (Wildman–Crippen LogP) is 0.188. The van der Waals surface area contributed by atoms with Crippen LogP contribution in [0.1, 0.15) is 39.5 Å². The maximum atomic E-state index is 13.0. The van der Waals surface area contributed by atoms with Crippen LogP contribution in [0.15, 0.2) is 0 Å². The number of aliphatic hydroxyl groups excluding tert-OH is 1. The van der Waals surface area contributed by atoms with Gasteiger partial charge in [-0.05, 0) is 31.7 Å². The van der Waals surface area contributed by atoms with Crippen LogP contribution < -0.4 is 0 Å². The van der Waals surface area contributed by atoms with E-state index >= 15 is 0 Å². The molecule has 13 atom stereocenters. The fourth-order valence-corrected chi connectivity index (χ4v) is 11.0. The molecule has 1 saturated heterocycles. The molecule has 7 bridgehead atoms. The van der Waals surface area contributed by atoms with Crippen LogP contribution in [0.4, 0.5) is 0 Å². The molecule has 0 amide bonds. The number of fused-ring (bicyclic) bond motifs is 2. The van der Waals surface area contributed by atoms with Crippen LogP contribution in [-0.2, 0) is 23.7 Å². The van der Waals surface area contributed by atoms with Gasteiger partial charge in [-0.2, -0.15) is 0 Å². The lowest BCUT2D eigenvalue weighted by Gasteiger charge is -2.69. The van der Waals surface area contributed by atoms with E-state index in [-0.39, 0.29) is 36.4 Å². The Morgan fingerprint density at radius 1 is 1.17 bits per heavy atom. The molecule has 0 radical (unpaired) electrons. The molecule has 5 aliphatic carbocycles. The molecule has 9 heteroatoms. The number of rotatable bonds is 6. The predicted molar refractivity (Wildman–Crippen MR) is 123 cm³/mol. The van der Waals surface area contributed by atoms with Crippen LogP contribution in [0.5, 0.6) is 0 Å². The molecule has 198 valence electrons. The summed E-state index contributed by atoms with van der Waals surface area (Å²) < 4.78 is 23.8. The van der Waals surface area contributed by atoms with Crippen molar-refractivity contribution in [2.24, 2.45) is 34.5 Å². The van der Waals surface area contributed by atoms with E-state index in [0.717, 1.165) is 6.42 Å². The SMILES string of the molecule is CCN1C[C@]2(COC)CC[C@H](O)C34[C@@H]5C[C@H]6[C@H](OC)[C@@H]5[C@](O)(C[C@@H]6OC)[C@](O)([C@@H](OC(C)=O)[C@@H]32)[C@@H]14. The third-order valence-corrected chi connectivity index (χ3v) is 11.5. The third-order valence-electron chi connectivity index (χ3n) is 11.5. The Morgan fingerprint density at radius 2 is 1.91 bits per heavy atom. The second-order valence-electron chi connectivity index (χ2n) is 12.3. The number of nitrogens with zero attached hydrogens (tertiary/aromatic N) is 1. The maximum Gasteiger partial charge on any atom is 0.303 e. The average molecular weight is 496 g/mol. The van der Waals surface area contributed by atoms with E-state index in [1.165, 1.54) is 6.92 Å². The van der Waals surface area contributed by atoms with Gasteiger partial charge in [-0.15, -0.1) is 0 Å². The summed E-state index contributed by atoms with van der Waals surface area (Å²) >= 11 is 0. The van der Waals surface area contributed by atoms with Gasteiger partial charge in [-0.25, -0.2) is 0 Å². The molecule has 6 fully saturated rings. The summed E-state index contributed by atoms with van der Waals surface area (Å²) in [7, 11) is 4.98. The fraction of sp³-hybridized carbons (Fsp3) is 0.962. The van der Waals surface area contributed by atoms with E-state index in [1.54, 1.807) is 21.3 Å². The minimum atomic E-state index is -1.79. The zero-order chi connectivity index (χ0) is 25.1. The average Bonchev–Trinajstić information content (AvgIpc) is 3.24. The first-order valence-electron chi connectivity index (χ1n) is 13.2. The Bertz CT molecular complexity index is 903. The summed E-state index contributed by atoms with van der Waals surface area (Å²) in [5.41, 5.74) is -4.56. The smallest absolute Gasteiger partial charge is 0.303 e. The molecular weight excluding hydrogens is 454 g/mol. The molecule has 1 spiro atoms. The van der Waals surface area contributed by atoms with Gasteiger partial charge in [0.05, 0.1) is 31.0 Å². The number of piperidine rings is 1. The molecule has 1 unspecified atom stereocenters. The first kappa shape index (κ1) is 24.5. The van der Waals surface area contributed by atoms with E-state index in [2.05, 4.69) is 11.8 Å². The van der Waals surface area contributed by atoms with Gasteiger partial charge in [-0.1, -0.05) is 6.92 Å². The molecule has 0 aromatic carbocycles. The normalized spacial score (nSPS) is 57.9. The van der Waals surface area contributed by atoms with Crippen LogP contribution in [0.2, 0.25) is 0 Å². The molecule has 5 saturated carbocycles. The second-order valence-corrected chi connectivity index (χ2v) is 12.3. The highest BCUT2D eigenvalue weighted by Gasteiger charge is 2.92. The molecule has 0 aromatic rings. The zero-order valence-electron chi connectivity index (χ0n) is 21.5. The number of hydrogen-bond donors (Lipinski definition) is 3. The van der Waals surface area contributed by atoms with Gasteiger partial charge in [0.15, 0.2) is 0 Å². The van der Waals surface area contributed by atoms with Gasteiger partial charge in [0.2, 0.25) is 0 Å². The van der Waals surface area contributed by atoms with Gasteiger partial charge in [0, 0.05) is 69.8 Å². The van der Waals surface area contributed by atoms with E-state index < -0.39 is 52.2 Å². The maximum absolute atomic E-state index is 13.0. The Kier molecular flexibility index (Phi) is 5.34. The highest BCUT2D eigenvalue weighted by molar-refractivity contribution is 5.67. The minimum Gasteiger partial charge on any atom is -0.459 e. The van der Waals surface area contributed by atoms with E-state index in [4.69, 9.17) is 18.9 Å². The molecule has 6 rings (SSSR count). The molecule has 1 aliphatic heterocycles. The van der Waals surface area contributed by atoms with E-state index in [1.807, 2.05) is 0 Å². The number of likely N-dealkylation sites (N-methyl/N-ethyl adjacent to an activating group) is 1. The Morgan fingerprint density at radius 3 is 2.51 bits per heavy atom. The summed E-state index contributed by atoms with van der Waals surface area (Å²) in [6.07, 6.45) is -0.00237. The molecule has 9 nitrogen and oxygen atoms in total. The van der Waals surface area contributed by atoms with Gasteiger partial charge in [0.25, 0.3) is 0 Å². The van der Waals surface area contributed by atoms with Crippen molar-refractivity contribution >= 4 is 5.97 Å². The summed E-state index contributed by atoms with van der Waals surface area (Å²) in [6.45, 7) is 5.17. The summed E-state index contributed by atoms with van der Waals surface area (Å²) in [5, 5.41) is 37.8. The number of esters is 1. The molecule has 3 N–H and O–H groups in total. The van der Waals surface area contributed by atoms with Crippen molar-refractivity contribution in [2.75, 3.05) is 41.0 Å². The number of aliphatic hydroxyl groups is 3. The molecule has 0 aromatic heterocycles. The van der Waals surface area contributed by atoms with Crippen LogP contribution in [-0.4, -0.2) is 109 Å². The van der Waals surface area contributed by atoms with Crippen LogP contribution >= 0.6 is 0 Å². The molecule has 35 heavy (non-hydrogen) atoms. The topological polar surface area (TPSA) is 118 Å². The first-order chi connectivity index (χ1) is 16.6. The Labute approximate surface area is 207 Å². The minimum absolute atomic E-state index is 0.0616. The Balaban J connectivity index is 1.68. The lowest BCUT2D eigenvalue weighted by molar-refractivity contribution is -0.318. The van der Waals surface area contributed by atoms with Crippen LogP contribution in [0, 0.1) is 34.5 Å². The number of carbonyl (C=O) groups excluding carboxylic acids is 1. The van der Waals surface area contributed by atoms with Crippen molar-refractivity contribution in [3.8, 4) is 0 Å². The highest BCUT2D eigenvalue weighted by atomic mass is 16.6. The first-order valence-corrected chi connectivity index (χ1v) is 13.2. The van der Waals surface area contributed by atoms with E-state index in [0.29, 0.717) is 32.5 Å². The Hall–Kier alpha value is -0.810. The highest BCUT2D eigenvalue weighted by Crippen LogP contribution is 2.80. The molecular formula is C26H41NO8. The van der Waals surface area contributed by atoms with Crippen molar-refractivity contribution < 1.29 is 39.1 Å². The largest absolute Gasteiger partial charge is 0.459 e. The van der Waals surface area contributed by atoms with Crippen LogP contribution in [0.25, 0.3) is 0 Å². The van der Waals surface area contributed by atoms with Crippen molar-refractivity contribution in [3.63, 3.8) is 0 Å². The lowest BCUT2D eigenvalue weighted by Crippen LogP contribution is -2.82. The third kappa shape index (κ3) is 2.48. The van der Waals surface area contributed by atoms with Gasteiger partial charge in [-0.3, -0.25) is 9.69 Å². The van der Waals surface area contributed by atoms with Crippen LogP contribution in [0.3, 0.4) is 0 Å². The van der Waals surface area contributed by atoms with Crippen molar-refractivity contribution in [1.29, 1.82) is 0 Å². The van der Waals surface area contributed by atoms with Gasteiger partial charge in [0.1, 0.15) is 17.3 Å². The number of hydrogen-bond acceptors (Lipinski definition) is 9. The van der Waals surface area contributed by atoms with Gasteiger partial charge >= 0.3 is 5.97 Å². The summed E-state index contributed by atoms with van der Waals surface area (Å²) in [6, 6.07) is -0.548. The number of methoxy groups -OCH3 is 3. The van der Waals surface area contributed by atoms with Crippen molar-refractivity contribution in [1.82, 2.24) is 4.90 Å². The number of carbonyl (C=O) groups is 1. The second kappa shape index (κ2) is 7.62. The lowest BCUT2D eigenvalue weighted by atomic mass is 9.42. The quantitative estimate of drug-likeness (QED) is 0.444. The number of ether oxygens (including phenoxy) is 4.